The summed E-state index contributed by atoms with van der Waals surface area (Å²) in [5.41, 5.74) is 0. The van der Waals surface area contributed by atoms with Gasteiger partial charge in [0.05, 0.1) is 6.10 Å². The predicted octanol–water partition coefficient (Wildman–Crippen LogP) is 0.939. The molecule has 2 aliphatic rings. The van der Waals surface area contributed by atoms with Gasteiger partial charge in [-0.2, -0.15) is 0 Å². The monoisotopic (exact) mass is 339 g/mol. The lowest BCUT2D eigenvalue weighted by atomic mass is 9.89. The van der Waals surface area contributed by atoms with Crippen LogP contribution in [0.3, 0.4) is 0 Å². The highest BCUT2D eigenvalue weighted by Crippen LogP contribution is 2.26. The van der Waals surface area contributed by atoms with Crippen molar-refractivity contribution in [3.63, 3.8) is 0 Å². The number of likely N-dealkylation sites (tertiary alicyclic amines) is 1. The van der Waals surface area contributed by atoms with Crippen LogP contribution in [-0.2, 0) is 9.59 Å². The molecular weight excluding hydrogens is 306 g/mol. The van der Waals surface area contributed by atoms with Crippen molar-refractivity contribution in [3.8, 4) is 0 Å². The molecule has 0 aromatic carbocycles. The van der Waals surface area contributed by atoms with Crippen LogP contribution in [0.15, 0.2) is 0 Å². The fourth-order valence-corrected chi connectivity index (χ4v) is 3.90. The van der Waals surface area contributed by atoms with Crippen LogP contribution in [0.25, 0.3) is 0 Å². The first-order valence-corrected chi connectivity index (χ1v) is 9.27. The standard InChI is InChI=1S/C18H33N3O3/c1-14(22)21-13-16(23)11-17(21)18(24)20(10-9-19(2)3)12-15-7-5-4-6-8-15/h15-17,23H,4-13H2,1-3H3/t16-,17-/m1/s1. The first-order valence-electron chi connectivity index (χ1n) is 9.27. The number of β-amino-alcohol motifs (C(OH)–C–C–N with tert-alkyl or cyclic N) is 1. The molecular formula is C18H33N3O3. The molecule has 1 heterocycles. The van der Waals surface area contributed by atoms with Gasteiger partial charge in [0.15, 0.2) is 0 Å². The van der Waals surface area contributed by atoms with Crippen molar-refractivity contribution in [2.75, 3.05) is 40.3 Å². The molecule has 1 aliphatic heterocycles. The van der Waals surface area contributed by atoms with Crippen LogP contribution in [0, 0.1) is 5.92 Å². The molecule has 0 unspecified atom stereocenters. The lowest BCUT2D eigenvalue weighted by Gasteiger charge is -2.34. The number of hydrogen-bond acceptors (Lipinski definition) is 4. The second-order valence-corrected chi connectivity index (χ2v) is 7.67. The maximum absolute atomic E-state index is 13.1. The minimum absolute atomic E-state index is 0.00849. The van der Waals surface area contributed by atoms with E-state index in [0.717, 1.165) is 13.1 Å². The van der Waals surface area contributed by atoms with E-state index in [4.69, 9.17) is 0 Å². The van der Waals surface area contributed by atoms with Crippen LogP contribution in [-0.4, -0.2) is 84.0 Å². The van der Waals surface area contributed by atoms with Crippen molar-refractivity contribution in [1.82, 2.24) is 14.7 Å². The van der Waals surface area contributed by atoms with Gasteiger partial charge in [-0.05, 0) is 32.9 Å². The Kier molecular flexibility index (Phi) is 7.04. The molecule has 6 heteroatoms. The van der Waals surface area contributed by atoms with E-state index in [2.05, 4.69) is 4.90 Å². The summed E-state index contributed by atoms with van der Waals surface area (Å²) < 4.78 is 0. The van der Waals surface area contributed by atoms with Gasteiger partial charge in [-0.15, -0.1) is 0 Å². The average molecular weight is 339 g/mol. The van der Waals surface area contributed by atoms with Crippen molar-refractivity contribution in [2.24, 2.45) is 5.92 Å². The van der Waals surface area contributed by atoms with Gasteiger partial charge in [-0.3, -0.25) is 9.59 Å². The van der Waals surface area contributed by atoms with Gasteiger partial charge in [0.1, 0.15) is 6.04 Å². The molecule has 1 saturated heterocycles. The summed E-state index contributed by atoms with van der Waals surface area (Å²) in [5, 5.41) is 9.92. The van der Waals surface area contributed by atoms with Crippen LogP contribution in [0.5, 0.6) is 0 Å². The molecule has 0 bridgehead atoms. The Morgan fingerprint density at radius 1 is 1.12 bits per heavy atom. The molecule has 2 amide bonds. The molecule has 2 atom stereocenters. The normalized spacial score (nSPS) is 25.3. The van der Waals surface area contributed by atoms with Gasteiger partial charge in [-0.25, -0.2) is 0 Å². The van der Waals surface area contributed by atoms with E-state index in [1.165, 1.54) is 43.9 Å². The van der Waals surface area contributed by atoms with Crippen molar-refractivity contribution in [3.05, 3.63) is 0 Å². The smallest absolute Gasteiger partial charge is 0.245 e. The zero-order chi connectivity index (χ0) is 17.7. The van der Waals surface area contributed by atoms with E-state index in [9.17, 15) is 14.7 Å². The molecule has 0 aromatic heterocycles. The second-order valence-electron chi connectivity index (χ2n) is 7.67. The highest BCUT2D eigenvalue weighted by atomic mass is 16.3. The number of carbonyl (C=O) groups excluding carboxylic acids is 2. The maximum Gasteiger partial charge on any atom is 0.245 e. The molecule has 0 radical (unpaired) electrons. The molecule has 1 saturated carbocycles. The largest absolute Gasteiger partial charge is 0.391 e. The van der Waals surface area contributed by atoms with Gasteiger partial charge in [0.25, 0.3) is 0 Å². The summed E-state index contributed by atoms with van der Waals surface area (Å²) in [5.74, 6) is 0.450. The Morgan fingerprint density at radius 3 is 2.38 bits per heavy atom. The summed E-state index contributed by atoms with van der Waals surface area (Å²) in [4.78, 5) is 30.5. The van der Waals surface area contributed by atoms with E-state index in [1.807, 2.05) is 19.0 Å². The Labute approximate surface area is 145 Å². The first kappa shape index (κ1) is 19.2. The van der Waals surface area contributed by atoms with Crippen molar-refractivity contribution < 1.29 is 14.7 Å². The molecule has 6 nitrogen and oxygen atoms in total. The van der Waals surface area contributed by atoms with Crippen LogP contribution < -0.4 is 0 Å². The number of aliphatic hydroxyl groups is 1. The summed E-state index contributed by atoms with van der Waals surface area (Å²) in [6.45, 7) is 4.03. The highest BCUT2D eigenvalue weighted by molar-refractivity contribution is 5.87. The van der Waals surface area contributed by atoms with Crippen molar-refractivity contribution in [2.45, 2.75) is 57.6 Å². The van der Waals surface area contributed by atoms with E-state index in [-0.39, 0.29) is 18.4 Å². The molecule has 24 heavy (non-hydrogen) atoms. The van der Waals surface area contributed by atoms with Gasteiger partial charge in [-0.1, -0.05) is 19.3 Å². The SMILES string of the molecule is CC(=O)N1C[C@H](O)C[C@@H]1C(=O)N(CCN(C)C)CC1CCCCC1. The number of likely N-dealkylation sites (N-methyl/N-ethyl adjacent to an activating group) is 1. The lowest BCUT2D eigenvalue weighted by Crippen LogP contribution is -2.50. The number of carbonyl (C=O) groups is 2. The Balaban J connectivity index is 2.05. The zero-order valence-corrected chi connectivity index (χ0v) is 15.4. The fraction of sp³-hybridized carbons (Fsp3) is 0.889. The lowest BCUT2D eigenvalue weighted by molar-refractivity contribution is -0.143. The number of nitrogens with zero attached hydrogens (tertiary/aromatic N) is 3. The summed E-state index contributed by atoms with van der Waals surface area (Å²) in [6, 6.07) is -0.497. The zero-order valence-electron chi connectivity index (χ0n) is 15.4. The topological polar surface area (TPSA) is 64.1 Å². The molecule has 0 spiro atoms. The quantitative estimate of drug-likeness (QED) is 0.782. The van der Waals surface area contributed by atoms with Gasteiger partial charge >= 0.3 is 0 Å². The molecule has 2 rings (SSSR count). The van der Waals surface area contributed by atoms with Crippen LogP contribution in [0.4, 0.5) is 0 Å². The molecule has 1 N–H and O–H groups in total. The van der Waals surface area contributed by atoms with E-state index in [1.54, 1.807) is 0 Å². The Morgan fingerprint density at radius 2 is 1.79 bits per heavy atom. The minimum Gasteiger partial charge on any atom is -0.391 e. The van der Waals surface area contributed by atoms with E-state index >= 15 is 0 Å². The minimum atomic E-state index is -0.590. The Hall–Kier alpha value is -1.14. The highest BCUT2D eigenvalue weighted by Gasteiger charge is 2.39. The number of rotatable bonds is 6. The fourth-order valence-electron chi connectivity index (χ4n) is 3.90. The van der Waals surface area contributed by atoms with Crippen molar-refractivity contribution in [1.29, 1.82) is 0 Å². The number of amides is 2. The summed E-state index contributed by atoms with van der Waals surface area (Å²) >= 11 is 0. The summed E-state index contributed by atoms with van der Waals surface area (Å²) in [7, 11) is 4.01. The second kappa shape index (κ2) is 8.81. The third-order valence-corrected chi connectivity index (χ3v) is 5.30. The number of hydrogen-bond donors (Lipinski definition) is 1. The molecule has 0 aromatic rings. The third kappa shape index (κ3) is 5.18. The molecule has 1 aliphatic carbocycles. The van der Waals surface area contributed by atoms with Crippen LogP contribution in [0.1, 0.15) is 45.4 Å². The van der Waals surface area contributed by atoms with Gasteiger partial charge in [0, 0.05) is 39.5 Å². The predicted molar refractivity (Wildman–Crippen MR) is 93.5 cm³/mol. The van der Waals surface area contributed by atoms with Crippen molar-refractivity contribution >= 4 is 11.8 Å². The van der Waals surface area contributed by atoms with Crippen LogP contribution >= 0.6 is 0 Å². The average Bonchev–Trinajstić information content (AvgIpc) is 2.94. The van der Waals surface area contributed by atoms with E-state index < -0.39 is 12.1 Å². The molecule has 2 fully saturated rings. The first-order chi connectivity index (χ1) is 11.4. The summed E-state index contributed by atoms with van der Waals surface area (Å²) in [6.07, 6.45) is 5.96. The van der Waals surface area contributed by atoms with Crippen LogP contribution in [0.2, 0.25) is 0 Å². The molecule has 138 valence electrons. The van der Waals surface area contributed by atoms with E-state index in [0.29, 0.717) is 18.9 Å². The van der Waals surface area contributed by atoms with Gasteiger partial charge in [0.2, 0.25) is 11.8 Å². The van der Waals surface area contributed by atoms with Gasteiger partial charge < -0.3 is 19.8 Å². The third-order valence-electron chi connectivity index (χ3n) is 5.30. The Bertz CT molecular complexity index is 435. The number of aliphatic hydroxyl groups excluding tert-OH is 1. The maximum atomic E-state index is 13.1.